The number of halogens is 1. The molecule has 1 unspecified atom stereocenters. The maximum absolute atomic E-state index is 8.90. The van der Waals surface area contributed by atoms with Crippen molar-refractivity contribution in [1.29, 1.82) is 5.26 Å². The predicted molar refractivity (Wildman–Crippen MR) is 63.4 cm³/mol. The van der Waals surface area contributed by atoms with Gasteiger partial charge in [-0.25, -0.2) is 4.98 Å². The van der Waals surface area contributed by atoms with E-state index in [0.717, 1.165) is 19.4 Å². The monoisotopic (exact) mass is 236 g/mol. The third-order valence-electron chi connectivity index (χ3n) is 2.91. The SMILES string of the molecule is N#Cc1ccnc(N2CCCC2CN)c1Cl. The van der Waals surface area contributed by atoms with Crippen LogP contribution in [-0.4, -0.2) is 24.1 Å². The number of hydrogen-bond donors (Lipinski definition) is 1. The molecule has 0 aliphatic carbocycles. The summed E-state index contributed by atoms with van der Waals surface area (Å²) in [5, 5.41) is 9.34. The second kappa shape index (κ2) is 4.69. The maximum Gasteiger partial charge on any atom is 0.149 e. The van der Waals surface area contributed by atoms with Gasteiger partial charge in [-0.1, -0.05) is 11.6 Å². The molecule has 2 heterocycles. The van der Waals surface area contributed by atoms with Gasteiger partial charge in [-0.2, -0.15) is 5.26 Å². The van der Waals surface area contributed by atoms with Crippen molar-refractivity contribution in [3.05, 3.63) is 22.8 Å². The molecule has 16 heavy (non-hydrogen) atoms. The number of anilines is 1. The highest BCUT2D eigenvalue weighted by atomic mass is 35.5. The first-order valence-electron chi connectivity index (χ1n) is 5.29. The van der Waals surface area contributed by atoms with Crippen LogP contribution in [0, 0.1) is 11.3 Å². The van der Waals surface area contributed by atoms with E-state index in [0.29, 0.717) is 29.0 Å². The summed E-state index contributed by atoms with van der Waals surface area (Å²) in [6.45, 7) is 1.50. The summed E-state index contributed by atoms with van der Waals surface area (Å²) in [5.41, 5.74) is 6.17. The van der Waals surface area contributed by atoms with Crippen molar-refractivity contribution in [3.8, 4) is 6.07 Å². The van der Waals surface area contributed by atoms with E-state index in [1.54, 1.807) is 12.3 Å². The molecular formula is C11H13ClN4. The Hall–Kier alpha value is -1.31. The molecule has 1 aromatic rings. The second-order valence-corrected chi connectivity index (χ2v) is 4.21. The van der Waals surface area contributed by atoms with Crippen molar-refractivity contribution >= 4 is 17.4 Å². The molecule has 1 aromatic heterocycles. The van der Waals surface area contributed by atoms with Crippen LogP contribution < -0.4 is 10.6 Å². The van der Waals surface area contributed by atoms with E-state index in [4.69, 9.17) is 22.6 Å². The summed E-state index contributed by atoms with van der Waals surface area (Å²) < 4.78 is 0. The summed E-state index contributed by atoms with van der Waals surface area (Å²) in [7, 11) is 0. The molecule has 5 heteroatoms. The lowest BCUT2D eigenvalue weighted by atomic mass is 10.2. The van der Waals surface area contributed by atoms with Gasteiger partial charge in [-0.05, 0) is 18.9 Å². The molecule has 0 aromatic carbocycles. The second-order valence-electron chi connectivity index (χ2n) is 3.83. The topological polar surface area (TPSA) is 65.9 Å². The molecule has 0 bridgehead atoms. The zero-order chi connectivity index (χ0) is 11.5. The van der Waals surface area contributed by atoms with Gasteiger partial charge >= 0.3 is 0 Å². The molecule has 0 amide bonds. The highest BCUT2D eigenvalue weighted by molar-refractivity contribution is 6.34. The average molecular weight is 237 g/mol. The lowest BCUT2D eigenvalue weighted by molar-refractivity contribution is 0.671. The third kappa shape index (κ3) is 1.84. The van der Waals surface area contributed by atoms with Gasteiger partial charge in [-0.3, -0.25) is 0 Å². The van der Waals surface area contributed by atoms with Gasteiger partial charge in [0.15, 0.2) is 0 Å². The van der Waals surface area contributed by atoms with Crippen LogP contribution in [0.15, 0.2) is 12.3 Å². The van der Waals surface area contributed by atoms with Crippen LogP contribution in [0.3, 0.4) is 0 Å². The highest BCUT2D eigenvalue weighted by Gasteiger charge is 2.26. The van der Waals surface area contributed by atoms with Crippen molar-refractivity contribution in [2.45, 2.75) is 18.9 Å². The summed E-state index contributed by atoms with van der Waals surface area (Å²) >= 11 is 6.14. The summed E-state index contributed by atoms with van der Waals surface area (Å²) in [4.78, 5) is 6.35. The minimum atomic E-state index is 0.291. The normalized spacial score (nSPS) is 19.8. The largest absolute Gasteiger partial charge is 0.351 e. The van der Waals surface area contributed by atoms with Crippen molar-refractivity contribution in [2.24, 2.45) is 5.73 Å². The molecule has 0 radical (unpaired) electrons. The van der Waals surface area contributed by atoms with Crippen LogP contribution in [0.5, 0.6) is 0 Å². The lowest BCUT2D eigenvalue weighted by Gasteiger charge is -2.25. The molecule has 0 spiro atoms. The first-order chi connectivity index (χ1) is 7.77. The van der Waals surface area contributed by atoms with Crippen molar-refractivity contribution in [1.82, 2.24) is 4.98 Å². The molecule has 1 aliphatic rings. The first kappa shape index (κ1) is 11.2. The number of pyridine rings is 1. The molecule has 0 saturated carbocycles. The van der Waals surface area contributed by atoms with Crippen LogP contribution >= 0.6 is 11.6 Å². The number of aromatic nitrogens is 1. The lowest BCUT2D eigenvalue weighted by Crippen LogP contribution is -2.36. The summed E-state index contributed by atoms with van der Waals surface area (Å²) in [6.07, 6.45) is 3.77. The number of rotatable bonds is 2. The number of nitriles is 1. The van der Waals surface area contributed by atoms with E-state index in [1.165, 1.54) is 0 Å². The smallest absolute Gasteiger partial charge is 0.149 e. The van der Waals surface area contributed by atoms with Crippen LogP contribution in [0.25, 0.3) is 0 Å². The average Bonchev–Trinajstić information content (AvgIpc) is 2.77. The fourth-order valence-electron chi connectivity index (χ4n) is 2.08. The Bertz CT molecular complexity index is 426. The van der Waals surface area contributed by atoms with Gasteiger partial charge in [0.1, 0.15) is 16.9 Å². The molecule has 1 aliphatic heterocycles. The zero-order valence-electron chi connectivity index (χ0n) is 8.86. The molecule has 2 rings (SSSR count). The highest BCUT2D eigenvalue weighted by Crippen LogP contribution is 2.31. The Morgan fingerprint density at radius 3 is 3.19 bits per heavy atom. The van der Waals surface area contributed by atoms with E-state index in [1.807, 2.05) is 0 Å². The molecule has 84 valence electrons. The number of nitrogens with two attached hydrogens (primary N) is 1. The Kier molecular flexibility index (Phi) is 3.28. The van der Waals surface area contributed by atoms with Crippen molar-refractivity contribution < 1.29 is 0 Å². The zero-order valence-corrected chi connectivity index (χ0v) is 9.61. The van der Waals surface area contributed by atoms with E-state index in [-0.39, 0.29) is 0 Å². The van der Waals surface area contributed by atoms with Gasteiger partial charge in [0.05, 0.1) is 5.56 Å². The standard InChI is InChI=1S/C11H13ClN4/c12-10-8(6-13)3-4-15-11(10)16-5-1-2-9(16)7-14/h3-4,9H,1-2,5,7,14H2. The van der Waals surface area contributed by atoms with Gasteiger partial charge in [0.25, 0.3) is 0 Å². The van der Waals surface area contributed by atoms with Crippen LogP contribution in [0.4, 0.5) is 5.82 Å². The number of hydrogen-bond acceptors (Lipinski definition) is 4. The fourth-order valence-corrected chi connectivity index (χ4v) is 2.34. The van der Waals surface area contributed by atoms with E-state index < -0.39 is 0 Å². The molecule has 4 nitrogen and oxygen atoms in total. The Labute approximate surface area is 99.6 Å². The van der Waals surface area contributed by atoms with Gasteiger partial charge in [-0.15, -0.1) is 0 Å². The Morgan fingerprint density at radius 1 is 1.69 bits per heavy atom. The summed E-state index contributed by atoms with van der Waals surface area (Å²) in [6, 6.07) is 3.98. The van der Waals surface area contributed by atoms with Gasteiger partial charge < -0.3 is 10.6 Å². The van der Waals surface area contributed by atoms with Gasteiger partial charge in [0.2, 0.25) is 0 Å². The molecular weight excluding hydrogens is 224 g/mol. The maximum atomic E-state index is 8.90. The molecule has 1 atom stereocenters. The van der Waals surface area contributed by atoms with Crippen LogP contribution in [0.2, 0.25) is 5.02 Å². The van der Waals surface area contributed by atoms with Crippen molar-refractivity contribution in [3.63, 3.8) is 0 Å². The minimum absolute atomic E-state index is 0.291. The number of nitrogens with zero attached hydrogens (tertiary/aromatic N) is 3. The van der Waals surface area contributed by atoms with E-state index in [2.05, 4.69) is 16.0 Å². The first-order valence-corrected chi connectivity index (χ1v) is 5.67. The predicted octanol–water partition coefficient (Wildman–Crippen LogP) is 1.53. The molecule has 2 N–H and O–H groups in total. The molecule has 1 saturated heterocycles. The minimum Gasteiger partial charge on any atom is -0.351 e. The van der Waals surface area contributed by atoms with Crippen LogP contribution in [-0.2, 0) is 0 Å². The van der Waals surface area contributed by atoms with E-state index >= 15 is 0 Å². The van der Waals surface area contributed by atoms with Crippen LogP contribution in [0.1, 0.15) is 18.4 Å². The fraction of sp³-hybridized carbons (Fsp3) is 0.455. The van der Waals surface area contributed by atoms with E-state index in [9.17, 15) is 0 Å². The summed E-state index contributed by atoms with van der Waals surface area (Å²) in [5.74, 6) is 0.689. The van der Waals surface area contributed by atoms with Gasteiger partial charge in [0, 0.05) is 25.3 Å². The third-order valence-corrected chi connectivity index (χ3v) is 3.29. The molecule has 1 fully saturated rings. The Morgan fingerprint density at radius 2 is 2.50 bits per heavy atom. The Balaban J connectivity index is 2.37. The van der Waals surface area contributed by atoms with Crippen molar-refractivity contribution in [2.75, 3.05) is 18.0 Å². The quantitative estimate of drug-likeness (QED) is 0.846.